The van der Waals surface area contributed by atoms with Crippen molar-refractivity contribution in [2.45, 2.75) is 52.1 Å². The van der Waals surface area contributed by atoms with Gasteiger partial charge in [0.2, 0.25) is 0 Å². The van der Waals surface area contributed by atoms with Crippen LogP contribution >= 0.6 is 0 Å². The van der Waals surface area contributed by atoms with Crippen LogP contribution < -0.4 is 9.61 Å². The quantitative estimate of drug-likeness (QED) is 0.699. The molecule has 0 bridgehead atoms. The molecule has 0 heterocycles. The molecule has 0 aromatic rings. The highest BCUT2D eigenvalue weighted by Crippen LogP contribution is 2.22. The number of hydrogen-bond acceptors (Lipinski definition) is 3. The molecule has 1 aliphatic carbocycles. The van der Waals surface area contributed by atoms with Gasteiger partial charge in [-0.15, -0.1) is 0 Å². The topological polar surface area (TPSA) is 67.4 Å². The molecule has 1 fully saturated rings. The van der Waals surface area contributed by atoms with E-state index in [1.165, 1.54) is 19.3 Å². The fourth-order valence-corrected chi connectivity index (χ4v) is 2.64. The van der Waals surface area contributed by atoms with Crippen molar-refractivity contribution in [2.75, 3.05) is 6.54 Å². The van der Waals surface area contributed by atoms with Gasteiger partial charge in [-0.25, -0.2) is 4.72 Å². The van der Waals surface area contributed by atoms with Gasteiger partial charge in [0.25, 0.3) is 10.2 Å². The minimum atomic E-state index is -3.50. The van der Waals surface area contributed by atoms with Gasteiger partial charge in [-0.1, -0.05) is 24.1 Å². The van der Waals surface area contributed by atoms with Crippen LogP contribution in [-0.4, -0.2) is 21.1 Å². The Kier molecular flexibility index (Phi) is 5.68. The Morgan fingerprint density at radius 2 is 1.88 bits per heavy atom. The molecule has 0 radical (unpaired) electrons. The highest BCUT2D eigenvalue weighted by atomic mass is 32.2. The maximum absolute atomic E-state index is 11.4. The average molecular weight is 250 g/mol. The first-order valence-corrected chi connectivity index (χ1v) is 7.40. The predicted molar refractivity (Wildman–Crippen MR) is 62.9 cm³/mol. The molecule has 0 aromatic heterocycles. The third-order valence-corrected chi connectivity index (χ3v) is 3.54. The van der Waals surface area contributed by atoms with Crippen molar-refractivity contribution in [3.05, 3.63) is 0 Å². The van der Waals surface area contributed by atoms with E-state index in [0.29, 0.717) is 12.5 Å². The summed E-state index contributed by atoms with van der Waals surface area (Å²) in [7, 11) is -3.50. The third-order valence-electron chi connectivity index (χ3n) is 2.68. The van der Waals surface area contributed by atoms with Crippen LogP contribution in [0.15, 0.2) is 0 Å². The van der Waals surface area contributed by atoms with E-state index in [1.807, 2.05) is 0 Å². The second-order valence-electron chi connectivity index (χ2n) is 4.61. The van der Waals surface area contributed by atoms with E-state index in [9.17, 15) is 8.42 Å². The van der Waals surface area contributed by atoms with Gasteiger partial charge in [0, 0.05) is 6.54 Å². The lowest BCUT2D eigenvalue weighted by Crippen LogP contribution is -2.40. The lowest BCUT2D eigenvalue weighted by atomic mass is 9.90. The van der Waals surface area contributed by atoms with E-state index in [4.69, 9.17) is 4.84 Å². The fourth-order valence-electron chi connectivity index (χ4n) is 1.81. The average Bonchev–Trinajstić information content (AvgIpc) is 2.26. The van der Waals surface area contributed by atoms with E-state index in [1.54, 1.807) is 13.8 Å². The molecule has 2 N–H and O–H groups in total. The Morgan fingerprint density at radius 1 is 1.25 bits per heavy atom. The highest BCUT2D eigenvalue weighted by Gasteiger charge is 2.17. The molecular formula is C10H22N2O3S. The van der Waals surface area contributed by atoms with E-state index in [2.05, 4.69) is 9.61 Å². The molecule has 0 atom stereocenters. The van der Waals surface area contributed by atoms with Gasteiger partial charge in [-0.05, 0) is 32.6 Å². The summed E-state index contributed by atoms with van der Waals surface area (Å²) in [6.45, 7) is 4.05. The fraction of sp³-hybridized carbons (Fsp3) is 1.00. The van der Waals surface area contributed by atoms with Gasteiger partial charge in [0.05, 0.1) is 6.10 Å². The monoisotopic (exact) mass is 250 g/mol. The maximum atomic E-state index is 11.4. The van der Waals surface area contributed by atoms with Crippen molar-refractivity contribution >= 4 is 10.2 Å². The second kappa shape index (κ2) is 6.54. The number of nitrogens with one attached hydrogen (secondary N) is 2. The first-order chi connectivity index (χ1) is 7.49. The molecule has 0 saturated heterocycles. The molecule has 0 unspecified atom stereocenters. The second-order valence-corrected chi connectivity index (χ2v) is 6.07. The van der Waals surface area contributed by atoms with E-state index in [-0.39, 0.29) is 6.10 Å². The van der Waals surface area contributed by atoms with Crippen molar-refractivity contribution in [3.63, 3.8) is 0 Å². The van der Waals surface area contributed by atoms with Gasteiger partial charge in [-0.3, -0.25) is 4.84 Å². The van der Waals surface area contributed by atoms with Crippen molar-refractivity contribution in [2.24, 2.45) is 5.92 Å². The summed E-state index contributed by atoms with van der Waals surface area (Å²) in [5, 5.41) is 0. The summed E-state index contributed by atoms with van der Waals surface area (Å²) < 4.78 is 25.4. The highest BCUT2D eigenvalue weighted by molar-refractivity contribution is 7.87. The van der Waals surface area contributed by atoms with Crippen LogP contribution in [0, 0.1) is 5.92 Å². The minimum Gasteiger partial charge on any atom is -0.283 e. The zero-order valence-corrected chi connectivity index (χ0v) is 10.8. The third kappa shape index (κ3) is 5.79. The maximum Gasteiger partial charge on any atom is 0.299 e. The normalized spacial score (nSPS) is 19.2. The summed E-state index contributed by atoms with van der Waals surface area (Å²) in [5.41, 5.74) is 0. The molecular weight excluding hydrogens is 228 g/mol. The zero-order chi connectivity index (χ0) is 12.0. The molecule has 1 saturated carbocycles. The molecule has 1 aliphatic rings. The van der Waals surface area contributed by atoms with Crippen LogP contribution in [0.4, 0.5) is 0 Å². The summed E-state index contributed by atoms with van der Waals surface area (Å²) in [6, 6.07) is 0. The van der Waals surface area contributed by atoms with Crippen LogP contribution in [0.25, 0.3) is 0 Å². The van der Waals surface area contributed by atoms with Gasteiger partial charge in [0.1, 0.15) is 0 Å². The number of rotatable bonds is 6. The van der Waals surface area contributed by atoms with E-state index in [0.717, 1.165) is 12.8 Å². The smallest absolute Gasteiger partial charge is 0.283 e. The molecule has 0 aliphatic heterocycles. The molecule has 0 aromatic carbocycles. The lowest BCUT2D eigenvalue weighted by Gasteiger charge is -2.21. The van der Waals surface area contributed by atoms with Gasteiger partial charge in [0.15, 0.2) is 0 Å². The van der Waals surface area contributed by atoms with Gasteiger partial charge >= 0.3 is 0 Å². The predicted octanol–water partition coefficient (Wildman–Crippen LogP) is 1.33. The molecule has 6 heteroatoms. The van der Waals surface area contributed by atoms with Crippen molar-refractivity contribution in [1.29, 1.82) is 0 Å². The van der Waals surface area contributed by atoms with E-state index < -0.39 is 10.2 Å². The molecule has 1 rings (SSSR count). The van der Waals surface area contributed by atoms with Gasteiger partial charge in [-0.2, -0.15) is 8.42 Å². The van der Waals surface area contributed by atoms with Crippen LogP contribution in [0.1, 0.15) is 46.0 Å². The lowest BCUT2D eigenvalue weighted by molar-refractivity contribution is 0.0400. The Balaban J connectivity index is 2.24. The van der Waals surface area contributed by atoms with Crippen molar-refractivity contribution in [1.82, 2.24) is 9.61 Å². The Labute approximate surface area is 98.1 Å². The van der Waals surface area contributed by atoms with Crippen LogP contribution in [0.3, 0.4) is 0 Å². The minimum absolute atomic E-state index is 0.161. The Bertz CT molecular complexity index is 284. The Hall–Kier alpha value is -0.170. The van der Waals surface area contributed by atoms with Crippen LogP contribution in [0.5, 0.6) is 0 Å². The largest absolute Gasteiger partial charge is 0.299 e. The standard InChI is InChI=1S/C10H22N2O3S/c1-9(2)15-12-16(13,14)11-8-10-6-4-3-5-7-10/h9-12H,3-8H2,1-2H3. The van der Waals surface area contributed by atoms with Crippen LogP contribution in [-0.2, 0) is 15.0 Å². The first-order valence-electron chi connectivity index (χ1n) is 5.91. The molecule has 5 nitrogen and oxygen atoms in total. The summed E-state index contributed by atoms with van der Waals surface area (Å²) >= 11 is 0. The van der Waals surface area contributed by atoms with Crippen molar-refractivity contribution < 1.29 is 13.3 Å². The SMILES string of the molecule is CC(C)ONS(=O)(=O)NCC1CCCCC1. The molecule has 0 amide bonds. The number of hydrogen-bond donors (Lipinski definition) is 2. The summed E-state index contributed by atoms with van der Waals surface area (Å²) in [4.78, 5) is 6.91. The zero-order valence-electron chi connectivity index (χ0n) is 10.0. The molecule has 16 heavy (non-hydrogen) atoms. The summed E-state index contributed by atoms with van der Waals surface area (Å²) in [5.74, 6) is 0.476. The van der Waals surface area contributed by atoms with Gasteiger partial charge < -0.3 is 0 Å². The van der Waals surface area contributed by atoms with E-state index >= 15 is 0 Å². The van der Waals surface area contributed by atoms with Crippen molar-refractivity contribution in [3.8, 4) is 0 Å². The molecule has 0 spiro atoms. The van der Waals surface area contributed by atoms with Crippen LogP contribution in [0.2, 0.25) is 0 Å². The summed E-state index contributed by atoms with van der Waals surface area (Å²) in [6.07, 6.45) is 5.77. The molecule has 96 valence electrons. The Morgan fingerprint density at radius 3 is 2.44 bits per heavy atom. The first kappa shape index (κ1) is 13.9.